The molecule has 1 fully saturated rings. The van der Waals surface area contributed by atoms with Crippen LogP contribution in [0.2, 0.25) is 0 Å². The van der Waals surface area contributed by atoms with Gasteiger partial charge in [0.15, 0.2) is 0 Å². The highest BCUT2D eigenvalue weighted by Crippen LogP contribution is 2.19. The molecule has 0 saturated carbocycles. The Bertz CT molecular complexity index is 351. The smallest absolute Gasteiger partial charge is 0.417 e. The maximum atomic E-state index is 11.6. The Kier molecular flexibility index (Phi) is 3.47. The molecule has 0 radical (unpaired) electrons. The second-order valence-corrected chi connectivity index (χ2v) is 4.52. The molecule has 0 aliphatic carbocycles. The Balaban J connectivity index is 2.71. The second-order valence-electron chi connectivity index (χ2n) is 4.52. The van der Waals surface area contributed by atoms with Gasteiger partial charge in [-0.15, -0.1) is 0 Å². The summed E-state index contributed by atoms with van der Waals surface area (Å²) < 4.78 is 5.07. The lowest BCUT2D eigenvalue weighted by Gasteiger charge is -2.22. The summed E-state index contributed by atoms with van der Waals surface area (Å²) in [4.78, 5) is 34.5. The number of imide groups is 1. The number of nitrogens with zero attached hydrogens (tertiary/aromatic N) is 1. The van der Waals surface area contributed by atoms with Crippen molar-refractivity contribution < 1.29 is 19.1 Å². The first kappa shape index (κ1) is 12.4. The SMILES string of the molecule is CC(C)(C)OC(=O)N1CC/C(=C\C=O)C1=O. The molecular weight excluding hydrogens is 210 g/mol. The zero-order valence-corrected chi connectivity index (χ0v) is 9.65. The van der Waals surface area contributed by atoms with E-state index in [1.807, 2.05) is 0 Å². The molecule has 1 aliphatic rings. The number of aldehydes is 1. The summed E-state index contributed by atoms with van der Waals surface area (Å²) in [5, 5.41) is 0. The normalized spacial score (nSPS) is 19.1. The fourth-order valence-corrected chi connectivity index (χ4v) is 1.34. The Morgan fingerprint density at radius 3 is 2.56 bits per heavy atom. The Hall–Kier alpha value is -1.65. The number of carbonyl (C=O) groups is 3. The first-order valence-corrected chi connectivity index (χ1v) is 5.04. The van der Waals surface area contributed by atoms with Gasteiger partial charge in [0.2, 0.25) is 0 Å². The maximum Gasteiger partial charge on any atom is 0.417 e. The van der Waals surface area contributed by atoms with Crippen LogP contribution in [0.4, 0.5) is 4.79 Å². The number of ether oxygens (including phenoxy) is 1. The van der Waals surface area contributed by atoms with Crippen molar-refractivity contribution in [3.8, 4) is 0 Å². The molecule has 1 heterocycles. The van der Waals surface area contributed by atoms with E-state index >= 15 is 0 Å². The third-order valence-corrected chi connectivity index (χ3v) is 2.01. The number of allylic oxidation sites excluding steroid dienone is 1. The van der Waals surface area contributed by atoms with Gasteiger partial charge in [0.1, 0.15) is 11.9 Å². The molecule has 1 rings (SSSR count). The largest absolute Gasteiger partial charge is 0.443 e. The van der Waals surface area contributed by atoms with E-state index in [0.29, 0.717) is 18.3 Å². The summed E-state index contributed by atoms with van der Waals surface area (Å²) in [7, 11) is 0. The van der Waals surface area contributed by atoms with Gasteiger partial charge in [-0.1, -0.05) is 0 Å². The molecule has 88 valence electrons. The topological polar surface area (TPSA) is 63.7 Å². The van der Waals surface area contributed by atoms with Crippen molar-refractivity contribution in [2.45, 2.75) is 32.8 Å². The van der Waals surface area contributed by atoms with E-state index in [2.05, 4.69) is 0 Å². The lowest BCUT2D eigenvalue weighted by molar-refractivity contribution is -0.124. The molecule has 0 aromatic rings. The lowest BCUT2D eigenvalue weighted by Crippen LogP contribution is -2.37. The predicted octanol–water partition coefficient (Wildman–Crippen LogP) is 1.28. The van der Waals surface area contributed by atoms with Crippen LogP contribution in [0.25, 0.3) is 0 Å². The van der Waals surface area contributed by atoms with E-state index in [1.165, 1.54) is 6.08 Å². The van der Waals surface area contributed by atoms with E-state index in [4.69, 9.17) is 4.74 Å². The van der Waals surface area contributed by atoms with Crippen LogP contribution in [0.15, 0.2) is 11.6 Å². The number of likely N-dealkylation sites (tertiary alicyclic amines) is 1. The standard InChI is InChI=1S/C11H15NO4/c1-11(2,3)16-10(15)12-6-4-8(5-7-13)9(12)14/h5,7H,4,6H2,1-3H3/b8-5+. The van der Waals surface area contributed by atoms with Crippen molar-refractivity contribution in [3.63, 3.8) is 0 Å². The third-order valence-electron chi connectivity index (χ3n) is 2.01. The molecule has 0 aromatic heterocycles. The van der Waals surface area contributed by atoms with Gasteiger partial charge in [-0.05, 0) is 33.3 Å². The van der Waals surface area contributed by atoms with Crippen molar-refractivity contribution in [1.82, 2.24) is 4.90 Å². The van der Waals surface area contributed by atoms with Crippen molar-refractivity contribution in [2.24, 2.45) is 0 Å². The summed E-state index contributed by atoms with van der Waals surface area (Å²) in [6, 6.07) is 0. The van der Waals surface area contributed by atoms with Crippen LogP contribution in [0.1, 0.15) is 27.2 Å². The Labute approximate surface area is 94.1 Å². The molecule has 0 bridgehead atoms. The van der Waals surface area contributed by atoms with Gasteiger partial charge in [-0.3, -0.25) is 9.59 Å². The summed E-state index contributed by atoms with van der Waals surface area (Å²) in [5.41, 5.74) is -0.282. The fraction of sp³-hybridized carbons (Fsp3) is 0.545. The molecular formula is C11H15NO4. The first-order valence-electron chi connectivity index (χ1n) is 5.04. The number of rotatable bonds is 1. The summed E-state index contributed by atoms with van der Waals surface area (Å²) in [6.07, 6.45) is 1.47. The minimum atomic E-state index is -0.660. The van der Waals surface area contributed by atoms with E-state index in [1.54, 1.807) is 20.8 Å². The van der Waals surface area contributed by atoms with Crippen LogP contribution in [0, 0.1) is 0 Å². The highest BCUT2D eigenvalue weighted by atomic mass is 16.6. The summed E-state index contributed by atoms with van der Waals surface area (Å²) in [5.74, 6) is -0.443. The second kappa shape index (κ2) is 4.47. The molecule has 1 saturated heterocycles. The molecule has 16 heavy (non-hydrogen) atoms. The van der Waals surface area contributed by atoms with E-state index in [9.17, 15) is 14.4 Å². The van der Waals surface area contributed by atoms with E-state index in [-0.39, 0.29) is 6.54 Å². The molecule has 0 N–H and O–H groups in total. The van der Waals surface area contributed by atoms with Gasteiger partial charge in [0.05, 0.1) is 0 Å². The average molecular weight is 225 g/mol. The maximum absolute atomic E-state index is 11.6. The fourth-order valence-electron chi connectivity index (χ4n) is 1.34. The minimum Gasteiger partial charge on any atom is -0.443 e. The van der Waals surface area contributed by atoms with Crippen LogP contribution < -0.4 is 0 Å². The van der Waals surface area contributed by atoms with Crippen molar-refractivity contribution in [3.05, 3.63) is 11.6 Å². The van der Waals surface area contributed by atoms with Crippen LogP contribution in [-0.2, 0) is 14.3 Å². The van der Waals surface area contributed by atoms with Crippen LogP contribution in [0.3, 0.4) is 0 Å². The third kappa shape index (κ3) is 2.92. The van der Waals surface area contributed by atoms with Crippen molar-refractivity contribution in [2.75, 3.05) is 6.54 Å². The van der Waals surface area contributed by atoms with Gasteiger partial charge in [0.25, 0.3) is 5.91 Å². The number of hydrogen-bond acceptors (Lipinski definition) is 4. The molecule has 0 spiro atoms. The first-order chi connectivity index (χ1) is 7.35. The number of carbonyl (C=O) groups excluding carboxylic acids is 3. The molecule has 0 atom stereocenters. The van der Waals surface area contributed by atoms with Gasteiger partial charge >= 0.3 is 6.09 Å². The van der Waals surface area contributed by atoms with Gasteiger partial charge in [-0.25, -0.2) is 9.69 Å². The summed E-state index contributed by atoms with van der Waals surface area (Å²) >= 11 is 0. The molecule has 5 nitrogen and oxygen atoms in total. The molecule has 2 amide bonds. The summed E-state index contributed by atoms with van der Waals surface area (Å²) in [6.45, 7) is 5.46. The molecule has 1 aliphatic heterocycles. The van der Waals surface area contributed by atoms with Crippen LogP contribution >= 0.6 is 0 Å². The van der Waals surface area contributed by atoms with E-state index < -0.39 is 17.6 Å². The zero-order chi connectivity index (χ0) is 12.3. The predicted molar refractivity (Wildman–Crippen MR) is 56.7 cm³/mol. The van der Waals surface area contributed by atoms with Crippen LogP contribution in [-0.4, -0.2) is 35.3 Å². The zero-order valence-electron chi connectivity index (χ0n) is 9.65. The molecule has 5 heteroatoms. The monoisotopic (exact) mass is 225 g/mol. The van der Waals surface area contributed by atoms with Gasteiger partial charge in [0, 0.05) is 12.1 Å². The minimum absolute atomic E-state index is 0.271. The molecule has 0 aromatic carbocycles. The molecule has 0 unspecified atom stereocenters. The highest BCUT2D eigenvalue weighted by molar-refractivity contribution is 6.06. The van der Waals surface area contributed by atoms with Crippen LogP contribution in [0.5, 0.6) is 0 Å². The number of hydrogen-bond donors (Lipinski definition) is 0. The van der Waals surface area contributed by atoms with Crippen molar-refractivity contribution in [1.29, 1.82) is 0 Å². The van der Waals surface area contributed by atoms with Gasteiger partial charge in [-0.2, -0.15) is 0 Å². The number of amides is 2. The van der Waals surface area contributed by atoms with Crippen molar-refractivity contribution >= 4 is 18.3 Å². The lowest BCUT2D eigenvalue weighted by atomic mass is 10.2. The highest BCUT2D eigenvalue weighted by Gasteiger charge is 2.33. The van der Waals surface area contributed by atoms with Gasteiger partial charge < -0.3 is 4.74 Å². The quantitative estimate of drug-likeness (QED) is 0.498. The Morgan fingerprint density at radius 2 is 2.06 bits per heavy atom. The Morgan fingerprint density at radius 1 is 1.44 bits per heavy atom. The van der Waals surface area contributed by atoms with E-state index in [0.717, 1.165) is 4.90 Å². The average Bonchev–Trinajstić information content (AvgIpc) is 2.46.